The molecule has 4 aromatic rings. The molecular weight excluding hydrogens is 408 g/mol. The Morgan fingerprint density at radius 3 is 2.66 bits per heavy atom. The summed E-state index contributed by atoms with van der Waals surface area (Å²) in [4.78, 5) is 18.1. The molecule has 4 rings (SSSR count). The van der Waals surface area contributed by atoms with Crippen molar-refractivity contribution in [2.45, 2.75) is 19.3 Å². The van der Waals surface area contributed by atoms with Crippen LogP contribution >= 0.6 is 22.9 Å². The van der Waals surface area contributed by atoms with Gasteiger partial charge in [-0.15, -0.1) is 11.3 Å². The van der Waals surface area contributed by atoms with Gasteiger partial charge in [0, 0.05) is 16.0 Å². The lowest BCUT2D eigenvalue weighted by Crippen LogP contribution is -2.29. The molecule has 1 unspecified atom stereocenters. The van der Waals surface area contributed by atoms with Gasteiger partial charge in [0.15, 0.2) is 0 Å². The van der Waals surface area contributed by atoms with E-state index in [1.165, 1.54) is 22.2 Å². The minimum Gasteiger partial charge on any atom is -0.389 e. The van der Waals surface area contributed by atoms with E-state index in [0.29, 0.717) is 21.8 Å². The van der Waals surface area contributed by atoms with Crippen molar-refractivity contribution in [2.24, 2.45) is 0 Å². The topological polar surface area (TPSA) is 64.4 Å². The van der Waals surface area contributed by atoms with Crippen molar-refractivity contribution in [3.8, 4) is 11.1 Å². The first-order chi connectivity index (χ1) is 14.1. The lowest BCUT2D eigenvalue weighted by atomic mass is 10.1. The van der Waals surface area contributed by atoms with Crippen molar-refractivity contribution < 1.29 is 9.84 Å². The van der Waals surface area contributed by atoms with Crippen molar-refractivity contribution in [1.29, 1.82) is 0 Å². The lowest BCUT2D eigenvalue weighted by Gasteiger charge is -2.13. The van der Waals surface area contributed by atoms with Gasteiger partial charge in [-0.3, -0.25) is 9.36 Å². The molecule has 0 bridgehead atoms. The number of benzene rings is 2. The maximum atomic E-state index is 13.0. The summed E-state index contributed by atoms with van der Waals surface area (Å²) in [7, 11) is 0. The molecule has 0 spiro atoms. The SMILES string of the molecule is O=c1c2c(-c3ccccc3)csc2ncn1CC(O)COCc1ccc(Cl)cc1. The summed E-state index contributed by atoms with van der Waals surface area (Å²) in [5, 5.41) is 13.5. The normalized spacial score (nSPS) is 12.3. The Hall–Kier alpha value is -2.51. The summed E-state index contributed by atoms with van der Waals surface area (Å²) in [5.74, 6) is 0. The third kappa shape index (κ3) is 4.57. The minimum absolute atomic E-state index is 0.113. The molecule has 0 aliphatic heterocycles. The molecule has 0 amide bonds. The van der Waals surface area contributed by atoms with Crippen LogP contribution in [0.2, 0.25) is 5.02 Å². The molecule has 1 atom stereocenters. The van der Waals surface area contributed by atoms with Crippen molar-refractivity contribution in [3.05, 3.63) is 87.2 Å². The minimum atomic E-state index is -0.821. The smallest absolute Gasteiger partial charge is 0.262 e. The number of aliphatic hydroxyl groups is 1. The molecule has 0 aliphatic carbocycles. The van der Waals surface area contributed by atoms with E-state index in [-0.39, 0.29) is 18.7 Å². The Kier molecular flexibility index (Phi) is 6.06. The second-order valence-electron chi connectivity index (χ2n) is 6.69. The van der Waals surface area contributed by atoms with E-state index in [1.807, 2.05) is 47.8 Å². The van der Waals surface area contributed by atoms with Gasteiger partial charge in [0.25, 0.3) is 5.56 Å². The summed E-state index contributed by atoms with van der Waals surface area (Å²) < 4.78 is 7.01. The second kappa shape index (κ2) is 8.88. The molecular formula is C22H19ClN2O3S. The van der Waals surface area contributed by atoms with E-state index >= 15 is 0 Å². The zero-order chi connectivity index (χ0) is 20.2. The van der Waals surface area contributed by atoms with Gasteiger partial charge in [0.1, 0.15) is 4.83 Å². The van der Waals surface area contributed by atoms with Gasteiger partial charge in [-0.1, -0.05) is 54.1 Å². The van der Waals surface area contributed by atoms with Crippen molar-refractivity contribution in [1.82, 2.24) is 9.55 Å². The molecule has 0 saturated heterocycles. The quantitative estimate of drug-likeness (QED) is 0.477. The maximum Gasteiger partial charge on any atom is 0.262 e. The summed E-state index contributed by atoms with van der Waals surface area (Å²) in [6, 6.07) is 17.1. The third-order valence-corrected chi connectivity index (χ3v) is 5.68. The summed E-state index contributed by atoms with van der Waals surface area (Å²) in [6.07, 6.45) is 0.663. The number of hydrogen-bond acceptors (Lipinski definition) is 5. The summed E-state index contributed by atoms with van der Waals surface area (Å²) in [5.41, 5.74) is 2.65. The Bertz CT molecular complexity index is 1160. The highest BCUT2D eigenvalue weighted by molar-refractivity contribution is 7.17. The highest BCUT2D eigenvalue weighted by atomic mass is 35.5. The van der Waals surface area contributed by atoms with Gasteiger partial charge in [0.05, 0.1) is 37.6 Å². The monoisotopic (exact) mass is 426 g/mol. The van der Waals surface area contributed by atoms with Gasteiger partial charge in [-0.05, 0) is 23.3 Å². The molecule has 0 fully saturated rings. The molecule has 0 aliphatic rings. The first-order valence-electron chi connectivity index (χ1n) is 9.14. The maximum absolute atomic E-state index is 13.0. The number of hydrogen-bond donors (Lipinski definition) is 1. The fourth-order valence-corrected chi connectivity index (χ4v) is 4.13. The van der Waals surface area contributed by atoms with Gasteiger partial charge in [-0.2, -0.15) is 0 Å². The Morgan fingerprint density at radius 2 is 1.90 bits per heavy atom. The second-order valence-corrected chi connectivity index (χ2v) is 7.99. The molecule has 2 heterocycles. The van der Waals surface area contributed by atoms with E-state index < -0.39 is 6.10 Å². The Labute approximate surface area is 176 Å². The van der Waals surface area contributed by atoms with Crippen molar-refractivity contribution in [2.75, 3.05) is 6.61 Å². The number of aromatic nitrogens is 2. The molecule has 5 nitrogen and oxygen atoms in total. The molecule has 2 aromatic carbocycles. The fourth-order valence-electron chi connectivity index (χ4n) is 3.10. The standard InChI is InChI=1S/C22H19ClN2O3S/c23-17-8-6-15(7-9-17)11-28-12-18(26)10-25-14-24-21-20(22(25)27)19(13-29-21)16-4-2-1-3-5-16/h1-9,13-14,18,26H,10-12H2. The van der Waals surface area contributed by atoms with E-state index in [0.717, 1.165) is 16.7 Å². The van der Waals surface area contributed by atoms with Gasteiger partial charge >= 0.3 is 0 Å². The van der Waals surface area contributed by atoms with E-state index in [1.54, 1.807) is 12.1 Å². The Morgan fingerprint density at radius 1 is 1.14 bits per heavy atom. The van der Waals surface area contributed by atoms with Crippen LogP contribution in [0.5, 0.6) is 0 Å². The van der Waals surface area contributed by atoms with Crippen LogP contribution in [0.15, 0.2) is 71.1 Å². The predicted molar refractivity (Wildman–Crippen MR) is 116 cm³/mol. The first-order valence-corrected chi connectivity index (χ1v) is 10.4. The third-order valence-electron chi connectivity index (χ3n) is 4.55. The van der Waals surface area contributed by atoms with Crippen LogP contribution in [0.3, 0.4) is 0 Å². The molecule has 0 saturated carbocycles. The number of nitrogens with zero attached hydrogens (tertiary/aromatic N) is 2. The van der Waals surface area contributed by atoms with Crippen LogP contribution in [-0.4, -0.2) is 27.4 Å². The average molecular weight is 427 g/mol. The molecule has 7 heteroatoms. The number of fused-ring (bicyclic) bond motifs is 1. The van der Waals surface area contributed by atoms with Gasteiger partial charge < -0.3 is 9.84 Å². The van der Waals surface area contributed by atoms with Crippen molar-refractivity contribution >= 4 is 33.2 Å². The predicted octanol–water partition coefficient (Wildman–Crippen LogP) is 4.36. The molecule has 29 heavy (non-hydrogen) atoms. The Balaban J connectivity index is 1.47. The van der Waals surface area contributed by atoms with Crippen LogP contribution in [0.4, 0.5) is 0 Å². The fraction of sp³-hybridized carbons (Fsp3) is 0.182. The molecule has 148 valence electrons. The van der Waals surface area contributed by atoms with Crippen molar-refractivity contribution in [3.63, 3.8) is 0 Å². The largest absolute Gasteiger partial charge is 0.389 e. The number of thiophene rings is 1. The summed E-state index contributed by atoms with van der Waals surface area (Å²) in [6.45, 7) is 0.595. The van der Waals surface area contributed by atoms with E-state index in [9.17, 15) is 9.90 Å². The van der Waals surface area contributed by atoms with Crippen LogP contribution in [0.25, 0.3) is 21.3 Å². The molecule has 0 radical (unpaired) electrons. The van der Waals surface area contributed by atoms with Gasteiger partial charge in [0.2, 0.25) is 0 Å². The van der Waals surface area contributed by atoms with Gasteiger partial charge in [-0.25, -0.2) is 4.98 Å². The van der Waals surface area contributed by atoms with Crippen LogP contribution in [0.1, 0.15) is 5.56 Å². The van der Waals surface area contributed by atoms with Crippen LogP contribution in [-0.2, 0) is 17.9 Å². The highest BCUT2D eigenvalue weighted by Crippen LogP contribution is 2.30. The average Bonchev–Trinajstić information content (AvgIpc) is 3.17. The number of aliphatic hydroxyl groups excluding tert-OH is 1. The van der Waals surface area contributed by atoms with Crippen LogP contribution in [0, 0.1) is 0 Å². The number of rotatable bonds is 7. The van der Waals surface area contributed by atoms with Crippen LogP contribution < -0.4 is 5.56 Å². The lowest BCUT2D eigenvalue weighted by molar-refractivity contribution is 0.0198. The molecule has 2 aromatic heterocycles. The first kappa shape index (κ1) is 19.8. The molecule has 1 N–H and O–H groups in total. The number of halogens is 1. The summed E-state index contributed by atoms with van der Waals surface area (Å²) >= 11 is 7.31. The zero-order valence-electron chi connectivity index (χ0n) is 15.5. The highest BCUT2D eigenvalue weighted by Gasteiger charge is 2.15. The number of ether oxygens (including phenoxy) is 1. The zero-order valence-corrected chi connectivity index (χ0v) is 17.1. The van der Waals surface area contributed by atoms with E-state index in [2.05, 4.69) is 4.98 Å². The van der Waals surface area contributed by atoms with E-state index in [4.69, 9.17) is 16.3 Å².